The third-order valence-corrected chi connectivity index (χ3v) is 1.80. The van der Waals surface area contributed by atoms with Gasteiger partial charge in [0.15, 0.2) is 11.5 Å². The molecule has 0 aliphatic carbocycles. The molecule has 0 aliphatic rings. The van der Waals surface area contributed by atoms with Crippen LogP contribution in [0.25, 0.3) is 0 Å². The highest BCUT2D eigenvalue weighted by Gasteiger charge is 2.21. The summed E-state index contributed by atoms with van der Waals surface area (Å²) < 4.78 is 0. The lowest BCUT2D eigenvalue weighted by molar-refractivity contribution is -0.386. The molecule has 1 rings (SSSR count). The van der Waals surface area contributed by atoms with E-state index in [1.807, 2.05) is 0 Å². The van der Waals surface area contributed by atoms with Crippen LogP contribution in [0.3, 0.4) is 0 Å². The molecular weight excluding hydrogens is 200 g/mol. The summed E-state index contributed by atoms with van der Waals surface area (Å²) in [5.74, 6) is -1.05. The molecule has 0 atom stereocenters. The van der Waals surface area contributed by atoms with Gasteiger partial charge in [0.1, 0.15) is 11.6 Å². The number of hydrogen-bond donors (Lipinski definition) is 1. The SMILES string of the molecule is CC(=O)c1cc(O)c([N+](=O)[O-])c(C#N)c1. The van der Waals surface area contributed by atoms with Gasteiger partial charge in [-0.2, -0.15) is 5.26 Å². The highest BCUT2D eigenvalue weighted by Crippen LogP contribution is 2.30. The fourth-order valence-corrected chi connectivity index (χ4v) is 1.10. The van der Waals surface area contributed by atoms with Crippen molar-refractivity contribution in [3.8, 4) is 11.8 Å². The predicted octanol–water partition coefficient (Wildman–Crippen LogP) is 1.37. The third kappa shape index (κ3) is 1.91. The Morgan fingerprint density at radius 3 is 2.60 bits per heavy atom. The van der Waals surface area contributed by atoms with Crippen molar-refractivity contribution < 1.29 is 14.8 Å². The molecule has 76 valence electrons. The van der Waals surface area contributed by atoms with Gasteiger partial charge in [-0.15, -0.1) is 0 Å². The Hall–Kier alpha value is -2.42. The lowest BCUT2D eigenvalue weighted by atomic mass is 10.1. The molecule has 0 aromatic heterocycles. The summed E-state index contributed by atoms with van der Waals surface area (Å²) in [6.45, 7) is 1.24. The van der Waals surface area contributed by atoms with Gasteiger partial charge < -0.3 is 5.11 Å². The maximum Gasteiger partial charge on any atom is 0.328 e. The van der Waals surface area contributed by atoms with Crippen LogP contribution in [0.1, 0.15) is 22.8 Å². The molecule has 0 heterocycles. The number of Topliss-reactive ketones (excluding diaryl/α,β-unsaturated/α-hetero) is 1. The Labute approximate surface area is 84.5 Å². The van der Waals surface area contributed by atoms with Gasteiger partial charge in [0.25, 0.3) is 0 Å². The molecule has 15 heavy (non-hydrogen) atoms. The maximum atomic E-state index is 11.0. The number of nitro benzene ring substituents is 1. The van der Waals surface area contributed by atoms with Gasteiger partial charge in [-0.3, -0.25) is 14.9 Å². The quantitative estimate of drug-likeness (QED) is 0.447. The molecule has 1 aromatic rings. The molecule has 1 N–H and O–H groups in total. The first-order chi connectivity index (χ1) is 6.97. The van der Waals surface area contributed by atoms with Crippen LogP contribution in [-0.2, 0) is 0 Å². The number of nitro groups is 1. The van der Waals surface area contributed by atoms with Crippen molar-refractivity contribution in [3.63, 3.8) is 0 Å². The van der Waals surface area contributed by atoms with Crippen LogP contribution in [0.4, 0.5) is 5.69 Å². The Kier molecular flexibility index (Phi) is 2.67. The average Bonchev–Trinajstić information content (AvgIpc) is 2.15. The number of nitrogens with zero attached hydrogens (tertiary/aromatic N) is 2. The van der Waals surface area contributed by atoms with E-state index in [0.717, 1.165) is 12.1 Å². The van der Waals surface area contributed by atoms with Crippen LogP contribution in [-0.4, -0.2) is 15.8 Å². The van der Waals surface area contributed by atoms with E-state index in [4.69, 9.17) is 5.26 Å². The third-order valence-electron chi connectivity index (χ3n) is 1.80. The highest BCUT2D eigenvalue weighted by molar-refractivity contribution is 5.95. The molecule has 0 amide bonds. The number of ketones is 1. The summed E-state index contributed by atoms with van der Waals surface area (Å²) in [7, 11) is 0. The average molecular weight is 206 g/mol. The first-order valence-corrected chi connectivity index (χ1v) is 3.89. The Bertz CT molecular complexity index is 488. The number of nitriles is 1. The second kappa shape index (κ2) is 3.75. The Morgan fingerprint density at radius 2 is 2.20 bits per heavy atom. The summed E-state index contributed by atoms with van der Waals surface area (Å²) in [6, 6.07) is 3.62. The summed E-state index contributed by atoms with van der Waals surface area (Å²) in [5, 5.41) is 28.4. The zero-order valence-corrected chi connectivity index (χ0v) is 7.72. The molecule has 0 radical (unpaired) electrons. The van der Waals surface area contributed by atoms with E-state index in [9.17, 15) is 20.0 Å². The largest absolute Gasteiger partial charge is 0.502 e. The minimum absolute atomic E-state index is 0.0645. The van der Waals surface area contributed by atoms with E-state index in [2.05, 4.69) is 0 Å². The van der Waals surface area contributed by atoms with Crippen LogP contribution in [0.2, 0.25) is 0 Å². The number of aromatic hydroxyl groups is 1. The normalized spacial score (nSPS) is 9.33. The smallest absolute Gasteiger partial charge is 0.328 e. The molecule has 0 aliphatic heterocycles. The van der Waals surface area contributed by atoms with Crippen LogP contribution >= 0.6 is 0 Å². The molecule has 0 saturated carbocycles. The standard InChI is InChI=1S/C9H6N2O4/c1-5(12)6-2-7(4-10)9(11(14)15)8(13)3-6/h2-3,13H,1H3. The van der Waals surface area contributed by atoms with Crippen molar-refractivity contribution in [1.29, 1.82) is 5.26 Å². The molecule has 6 heteroatoms. The molecule has 0 unspecified atom stereocenters. The van der Waals surface area contributed by atoms with Crippen LogP contribution < -0.4 is 0 Å². The number of phenolic OH excluding ortho intramolecular Hbond substituents is 1. The molecule has 0 saturated heterocycles. The van der Waals surface area contributed by atoms with Crippen molar-refractivity contribution in [3.05, 3.63) is 33.4 Å². The van der Waals surface area contributed by atoms with Gasteiger partial charge in [0, 0.05) is 5.56 Å². The summed E-state index contributed by atoms with van der Waals surface area (Å²) >= 11 is 0. The fraction of sp³-hybridized carbons (Fsp3) is 0.111. The Balaban J connectivity index is 3.53. The van der Waals surface area contributed by atoms with Crippen molar-refractivity contribution in [1.82, 2.24) is 0 Å². The van der Waals surface area contributed by atoms with Crippen LogP contribution in [0.5, 0.6) is 5.75 Å². The minimum atomic E-state index is -0.863. The van der Waals surface area contributed by atoms with Crippen LogP contribution in [0.15, 0.2) is 12.1 Å². The van der Waals surface area contributed by atoms with Gasteiger partial charge in [0.05, 0.1) is 4.92 Å². The van der Waals surface area contributed by atoms with Gasteiger partial charge in [-0.05, 0) is 19.1 Å². The van der Waals surface area contributed by atoms with Gasteiger partial charge >= 0.3 is 5.69 Å². The van der Waals surface area contributed by atoms with E-state index >= 15 is 0 Å². The van der Waals surface area contributed by atoms with Gasteiger partial charge in [-0.25, -0.2) is 0 Å². The van der Waals surface area contributed by atoms with E-state index in [1.165, 1.54) is 6.92 Å². The number of hydrogen-bond acceptors (Lipinski definition) is 5. The topological polar surface area (TPSA) is 104 Å². The van der Waals surface area contributed by atoms with Gasteiger partial charge in [0.2, 0.25) is 0 Å². The zero-order valence-electron chi connectivity index (χ0n) is 7.72. The zero-order chi connectivity index (χ0) is 11.6. The van der Waals surface area contributed by atoms with Crippen molar-refractivity contribution in [2.75, 3.05) is 0 Å². The number of carbonyl (C=O) groups excluding carboxylic acids is 1. The molecule has 0 fully saturated rings. The first kappa shape index (κ1) is 10.7. The van der Waals surface area contributed by atoms with Crippen molar-refractivity contribution in [2.45, 2.75) is 6.92 Å². The van der Waals surface area contributed by atoms with Crippen molar-refractivity contribution >= 4 is 11.5 Å². The van der Waals surface area contributed by atoms with Crippen molar-refractivity contribution in [2.24, 2.45) is 0 Å². The molecular formula is C9H6N2O4. The monoisotopic (exact) mass is 206 g/mol. The predicted molar refractivity (Wildman–Crippen MR) is 49.5 cm³/mol. The lowest BCUT2D eigenvalue weighted by Gasteiger charge is -2.00. The summed E-state index contributed by atoms with van der Waals surface area (Å²) in [6.07, 6.45) is 0. The van der Waals surface area contributed by atoms with E-state index < -0.39 is 16.4 Å². The lowest BCUT2D eigenvalue weighted by Crippen LogP contribution is -1.98. The molecule has 1 aromatic carbocycles. The number of rotatable bonds is 2. The molecule has 0 spiro atoms. The minimum Gasteiger partial charge on any atom is -0.502 e. The molecule has 6 nitrogen and oxygen atoms in total. The Morgan fingerprint density at radius 1 is 1.60 bits per heavy atom. The highest BCUT2D eigenvalue weighted by atomic mass is 16.6. The van der Waals surface area contributed by atoms with E-state index in [0.29, 0.717) is 0 Å². The number of carbonyl (C=O) groups is 1. The van der Waals surface area contributed by atoms with Gasteiger partial charge in [-0.1, -0.05) is 0 Å². The fourth-order valence-electron chi connectivity index (χ4n) is 1.10. The van der Waals surface area contributed by atoms with E-state index in [1.54, 1.807) is 6.07 Å². The first-order valence-electron chi connectivity index (χ1n) is 3.89. The van der Waals surface area contributed by atoms with E-state index in [-0.39, 0.29) is 16.9 Å². The van der Waals surface area contributed by atoms with Crippen LogP contribution in [0, 0.1) is 21.4 Å². The maximum absolute atomic E-state index is 11.0. The number of benzene rings is 1. The summed E-state index contributed by atoms with van der Waals surface area (Å²) in [4.78, 5) is 20.6. The molecule has 0 bridgehead atoms. The summed E-state index contributed by atoms with van der Waals surface area (Å²) in [5.41, 5.74) is -0.942. The second-order valence-corrected chi connectivity index (χ2v) is 2.82. The second-order valence-electron chi connectivity index (χ2n) is 2.82. The number of phenols is 1.